The van der Waals surface area contributed by atoms with Gasteiger partial charge in [-0.25, -0.2) is 0 Å². The maximum atomic E-state index is 11.4. The molecule has 4 aliphatic rings. The van der Waals surface area contributed by atoms with E-state index in [0.717, 1.165) is 44.9 Å². The molecule has 0 aromatic heterocycles. The molecule has 0 radical (unpaired) electrons. The van der Waals surface area contributed by atoms with Crippen LogP contribution in [0.25, 0.3) is 0 Å². The van der Waals surface area contributed by atoms with E-state index in [-0.39, 0.29) is 16.9 Å². The summed E-state index contributed by atoms with van der Waals surface area (Å²) in [6, 6.07) is 0. The second-order valence-electron chi connectivity index (χ2n) is 9.70. The van der Waals surface area contributed by atoms with E-state index < -0.39 is 5.60 Å². The van der Waals surface area contributed by atoms with Crippen molar-refractivity contribution in [3.05, 3.63) is 11.6 Å². The molecule has 0 aromatic rings. The van der Waals surface area contributed by atoms with Gasteiger partial charge in [0.15, 0.2) is 0 Å². The van der Waals surface area contributed by atoms with Gasteiger partial charge in [0.05, 0.1) is 11.8 Å². The molecule has 3 N–H and O–H groups in total. The van der Waals surface area contributed by atoms with Crippen LogP contribution in [0.1, 0.15) is 72.1 Å². The van der Waals surface area contributed by atoms with E-state index >= 15 is 0 Å². The summed E-state index contributed by atoms with van der Waals surface area (Å²) in [5, 5.41) is 34.2. The number of fused-ring (bicyclic) bond motifs is 5. The normalized spacial score (nSPS) is 52.8. The van der Waals surface area contributed by atoms with E-state index in [1.165, 1.54) is 5.57 Å². The van der Waals surface area contributed by atoms with Crippen LogP contribution in [-0.4, -0.2) is 32.8 Å². The number of hydrogen-bond donors (Lipinski definition) is 3. The van der Waals surface area contributed by atoms with Crippen molar-refractivity contribution in [2.75, 3.05) is 0 Å². The fourth-order valence-electron chi connectivity index (χ4n) is 7.33. The molecule has 4 heteroatoms. The third-order valence-electron chi connectivity index (χ3n) is 8.98. The molecule has 0 heterocycles. The number of hydrogen-bond acceptors (Lipinski definition) is 4. The van der Waals surface area contributed by atoms with Crippen molar-refractivity contribution in [1.29, 1.82) is 0 Å². The van der Waals surface area contributed by atoms with Crippen LogP contribution >= 0.6 is 0 Å². The van der Waals surface area contributed by atoms with E-state index in [2.05, 4.69) is 25.1 Å². The lowest BCUT2D eigenvalue weighted by Crippen LogP contribution is -2.57. The van der Waals surface area contributed by atoms with E-state index in [1.807, 2.05) is 0 Å². The molecule has 4 nitrogen and oxygen atoms in total. The standard InChI is InChI=1S/C21H33NO3/c1-13(22-25)21(24)11-8-18-16-5-4-14-12-15(23)6-9-19(14,2)17(16)7-10-20(18,21)3/h4,15-18,23-25H,5-12H2,1-3H3/b22-13+/t15-,16+,17-,18-,19-,20-,21-/m0/s1. The Morgan fingerprint density at radius 2 is 1.84 bits per heavy atom. The summed E-state index contributed by atoms with van der Waals surface area (Å²) in [6.45, 7) is 6.41. The number of rotatable bonds is 1. The van der Waals surface area contributed by atoms with Crippen molar-refractivity contribution >= 4 is 5.71 Å². The topological polar surface area (TPSA) is 73.1 Å². The number of aliphatic hydroxyl groups excluding tert-OH is 1. The minimum absolute atomic E-state index is 0.162. The first kappa shape index (κ1) is 17.5. The Morgan fingerprint density at radius 3 is 2.56 bits per heavy atom. The van der Waals surface area contributed by atoms with Crippen LogP contribution in [0.4, 0.5) is 0 Å². The molecule has 0 bridgehead atoms. The molecule has 7 atom stereocenters. The predicted octanol–water partition coefficient (Wildman–Crippen LogP) is 3.89. The Balaban J connectivity index is 1.69. The van der Waals surface area contributed by atoms with Crippen LogP contribution < -0.4 is 0 Å². The molecule has 0 saturated heterocycles. The molecule has 0 amide bonds. The molecular formula is C21H33NO3. The van der Waals surface area contributed by atoms with Crippen LogP contribution in [-0.2, 0) is 0 Å². The quantitative estimate of drug-likeness (QED) is 0.292. The van der Waals surface area contributed by atoms with Gasteiger partial charge in [-0.3, -0.25) is 0 Å². The second kappa shape index (κ2) is 5.56. The lowest BCUT2D eigenvalue weighted by atomic mass is 9.46. The largest absolute Gasteiger partial charge is 0.411 e. The number of nitrogens with zero attached hydrogens (tertiary/aromatic N) is 1. The molecule has 140 valence electrons. The summed E-state index contributed by atoms with van der Waals surface area (Å²) in [6.07, 6.45) is 10.0. The van der Waals surface area contributed by atoms with Crippen LogP contribution in [0.15, 0.2) is 16.8 Å². The van der Waals surface area contributed by atoms with Gasteiger partial charge in [0, 0.05) is 5.41 Å². The fraction of sp³-hybridized carbons (Fsp3) is 0.857. The Hall–Kier alpha value is -0.870. The Labute approximate surface area is 151 Å². The first-order valence-corrected chi connectivity index (χ1v) is 10.1. The highest BCUT2D eigenvalue weighted by molar-refractivity contribution is 5.91. The van der Waals surface area contributed by atoms with Gasteiger partial charge in [-0.2, -0.15) is 0 Å². The van der Waals surface area contributed by atoms with Crippen molar-refractivity contribution in [3.63, 3.8) is 0 Å². The van der Waals surface area contributed by atoms with Gasteiger partial charge in [0.2, 0.25) is 0 Å². The summed E-state index contributed by atoms with van der Waals surface area (Å²) in [4.78, 5) is 0. The van der Waals surface area contributed by atoms with Gasteiger partial charge in [-0.15, -0.1) is 0 Å². The van der Waals surface area contributed by atoms with Crippen molar-refractivity contribution in [2.24, 2.45) is 33.7 Å². The summed E-state index contributed by atoms with van der Waals surface area (Å²) in [7, 11) is 0. The van der Waals surface area contributed by atoms with Crippen LogP contribution in [0.5, 0.6) is 0 Å². The molecule has 4 aliphatic carbocycles. The second-order valence-corrected chi connectivity index (χ2v) is 9.70. The highest BCUT2D eigenvalue weighted by atomic mass is 16.4. The summed E-state index contributed by atoms with van der Waals surface area (Å²) in [5.41, 5.74) is 1.03. The zero-order valence-corrected chi connectivity index (χ0v) is 15.8. The van der Waals surface area contributed by atoms with E-state index in [1.54, 1.807) is 6.92 Å². The smallest absolute Gasteiger partial charge is 0.111 e. The molecule has 0 aliphatic heterocycles. The Morgan fingerprint density at radius 1 is 1.12 bits per heavy atom. The fourth-order valence-corrected chi connectivity index (χ4v) is 7.33. The first-order chi connectivity index (χ1) is 11.8. The molecule has 25 heavy (non-hydrogen) atoms. The van der Waals surface area contributed by atoms with Gasteiger partial charge in [0.1, 0.15) is 5.60 Å². The molecule has 0 unspecified atom stereocenters. The van der Waals surface area contributed by atoms with Crippen LogP contribution in [0.2, 0.25) is 0 Å². The lowest BCUT2D eigenvalue weighted by Gasteiger charge is -2.58. The number of allylic oxidation sites excluding steroid dienone is 1. The van der Waals surface area contributed by atoms with Gasteiger partial charge >= 0.3 is 0 Å². The van der Waals surface area contributed by atoms with Crippen molar-refractivity contribution in [2.45, 2.75) is 83.8 Å². The molecule has 4 rings (SSSR count). The average molecular weight is 347 g/mol. The average Bonchev–Trinajstić information content (AvgIpc) is 2.87. The molecule has 0 aromatic carbocycles. The SMILES string of the molecule is C/C(=N\O)[C@@]1(O)CC[C@H]2[C@@H]3CC=C4C[C@@H](O)CC[C@]4(C)[C@H]3CC[C@@]21C. The van der Waals surface area contributed by atoms with E-state index in [9.17, 15) is 15.4 Å². The Kier molecular flexibility index (Phi) is 3.90. The van der Waals surface area contributed by atoms with Crippen LogP contribution in [0.3, 0.4) is 0 Å². The molecule has 0 spiro atoms. The summed E-state index contributed by atoms with van der Waals surface area (Å²) >= 11 is 0. The number of aliphatic hydroxyl groups is 2. The van der Waals surface area contributed by atoms with Crippen molar-refractivity contribution in [3.8, 4) is 0 Å². The molecule has 3 fully saturated rings. The van der Waals surface area contributed by atoms with Gasteiger partial charge in [-0.05, 0) is 81.5 Å². The van der Waals surface area contributed by atoms with E-state index in [0.29, 0.717) is 29.9 Å². The number of oxime groups is 1. The summed E-state index contributed by atoms with van der Waals surface area (Å²) in [5.74, 6) is 1.74. The zero-order chi connectivity index (χ0) is 18.0. The van der Waals surface area contributed by atoms with E-state index in [4.69, 9.17) is 0 Å². The lowest BCUT2D eigenvalue weighted by molar-refractivity contribution is -0.0936. The Bertz CT molecular complexity index is 629. The maximum absolute atomic E-state index is 11.4. The minimum Gasteiger partial charge on any atom is -0.411 e. The van der Waals surface area contributed by atoms with Crippen LogP contribution in [0, 0.1) is 28.6 Å². The van der Waals surface area contributed by atoms with Gasteiger partial charge in [-0.1, -0.05) is 30.7 Å². The van der Waals surface area contributed by atoms with Crippen molar-refractivity contribution in [1.82, 2.24) is 0 Å². The highest BCUT2D eigenvalue weighted by Gasteiger charge is 2.64. The predicted molar refractivity (Wildman–Crippen MR) is 97.6 cm³/mol. The first-order valence-electron chi connectivity index (χ1n) is 10.1. The third kappa shape index (κ3) is 2.16. The summed E-state index contributed by atoms with van der Waals surface area (Å²) < 4.78 is 0. The van der Waals surface area contributed by atoms with Gasteiger partial charge in [0.25, 0.3) is 0 Å². The zero-order valence-electron chi connectivity index (χ0n) is 15.8. The molecular weight excluding hydrogens is 314 g/mol. The highest BCUT2D eigenvalue weighted by Crippen LogP contribution is 2.67. The molecule has 3 saturated carbocycles. The maximum Gasteiger partial charge on any atom is 0.111 e. The monoisotopic (exact) mass is 347 g/mol. The third-order valence-corrected chi connectivity index (χ3v) is 8.98. The van der Waals surface area contributed by atoms with Gasteiger partial charge < -0.3 is 15.4 Å². The van der Waals surface area contributed by atoms with Crippen molar-refractivity contribution < 1.29 is 15.4 Å². The minimum atomic E-state index is -0.967.